The fourth-order valence-electron chi connectivity index (χ4n) is 3.19. The molecule has 106 valence electrons. The van der Waals surface area contributed by atoms with Crippen LogP contribution < -0.4 is 10.6 Å². The third-order valence-electron chi connectivity index (χ3n) is 4.59. The molecule has 1 atom stereocenters. The number of hydrogen-bond acceptors (Lipinski definition) is 2. The topological polar surface area (TPSA) is 29.3 Å². The Hall–Kier alpha value is -1.02. The molecule has 2 nitrogen and oxygen atoms in total. The first-order valence-corrected chi connectivity index (χ1v) is 7.61. The van der Waals surface area contributed by atoms with Crippen molar-refractivity contribution < 1.29 is 0 Å². The zero-order valence-corrected chi connectivity index (χ0v) is 12.9. The van der Waals surface area contributed by atoms with E-state index in [2.05, 4.69) is 50.8 Å². The molecule has 19 heavy (non-hydrogen) atoms. The van der Waals surface area contributed by atoms with Gasteiger partial charge in [-0.2, -0.15) is 0 Å². The summed E-state index contributed by atoms with van der Waals surface area (Å²) in [6.45, 7) is 11.2. The maximum Gasteiger partial charge on any atom is 0.0431 e. The molecule has 2 heteroatoms. The van der Waals surface area contributed by atoms with Crippen LogP contribution in [-0.4, -0.2) is 19.1 Å². The van der Waals surface area contributed by atoms with Crippen molar-refractivity contribution in [3.8, 4) is 0 Å². The largest absolute Gasteiger partial charge is 0.370 e. The van der Waals surface area contributed by atoms with Gasteiger partial charge in [-0.05, 0) is 35.8 Å². The number of benzene rings is 1. The highest BCUT2D eigenvalue weighted by molar-refractivity contribution is 5.60. The van der Waals surface area contributed by atoms with Crippen LogP contribution in [0.2, 0.25) is 0 Å². The first kappa shape index (κ1) is 14.4. The molecule has 1 unspecified atom stereocenters. The van der Waals surface area contributed by atoms with Gasteiger partial charge in [0.2, 0.25) is 0 Å². The number of hydrogen-bond donors (Lipinski definition) is 1. The molecule has 1 aliphatic rings. The van der Waals surface area contributed by atoms with Crippen LogP contribution in [0.25, 0.3) is 0 Å². The third-order valence-corrected chi connectivity index (χ3v) is 4.59. The minimum absolute atomic E-state index is 0.199. The van der Waals surface area contributed by atoms with E-state index in [1.807, 2.05) is 0 Å². The molecule has 1 aliphatic heterocycles. The Kier molecular flexibility index (Phi) is 4.19. The molecule has 1 fully saturated rings. The van der Waals surface area contributed by atoms with Gasteiger partial charge in [-0.3, -0.25) is 0 Å². The minimum Gasteiger partial charge on any atom is -0.370 e. The van der Waals surface area contributed by atoms with Gasteiger partial charge >= 0.3 is 0 Å². The summed E-state index contributed by atoms with van der Waals surface area (Å²) in [6, 6.07) is 7.07. The van der Waals surface area contributed by atoms with Crippen molar-refractivity contribution in [2.24, 2.45) is 11.1 Å². The Morgan fingerprint density at radius 2 is 1.79 bits per heavy atom. The number of aryl methyl sites for hydroxylation is 2. The van der Waals surface area contributed by atoms with Gasteiger partial charge in [0.05, 0.1) is 0 Å². The van der Waals surface area contributed by atoms with E-state index in [0.29, 0.717) is 6.04 Å². The lowest BCUT2D eigenvalue weighted by atomic mass is 9.79. The summed E-state index contributed by atoms with van der Waals surface area (Å²) < 4.78 is 0. The maximum atomic E-state index is 6.27. The molecule has 1 saturated heterocycles. The van der Waals surface area contributed by atoms with Crippen molar-refractivity contribution in [1.29, 1.82) is 0 Å². The highest BCUT2D eigenvalue weighted by Crippen LogP contribution is 2.35. The molecule has 0 bridgehead atoms. The Morgan fingerprint density at radius 1 is 1.21 bits per heavy atom. The zero-order chi connectivity index (χ0) is 14.0. The Bertz CT molecular complexity index is 415. The van der Waals surface area contributed by atoms with Crippen LogP contribution in [0.15, 0.2) is 18.2 Å². The summed E-state index contributed by atoms with van der Waals surface area (Å²) in [4.78, 5) is 2.57. The van der Waals surface area contributed by atoms with E-state index >= 15 is 0 Å². The first-order chi connectivity index (χ1) is 8.99. The summed E-state index contributed by atoms with van der Waals surface area (Å²) in [7, 11) is 0. The molecule has 0 spiro atoms. The van der Waals surface area contributed by atoms with Gasteiger partial charge in [-0.1, -0.05) is 45.9 Å². The van der Waals surface area contributed by atoms with Gasteiger partial charge < -0.3 is 10.6 Å². The van der Waals surface area contributed by atoms with Crippen LogP contribution in [0.3, 0.4) is 0 Å². The minimum atomic E-state index is 0.199. The Morgan fingerprint density at radius 3 is 2.26 bits per heavy atom. The van der Waals surface area contributed by atoms with Crippen LogP contribution in [0.5, 0.6) is 0 Å². The number of nitrogens with two attached hydrogens (primary N) is 1. The lowest BCUT2D eigenvalue weighted by Crippen LogP contribution is -2.52. The van der Waals surface area contributed by atoms with Crippen LogP contribution in [0.1, 0.15) is 45.2 Å². The van der Waals surface area contributed by atoms with Crippen molar-refractivity contribution in [3.63, 3.8) is 0 Å². The summed E-state index contributed by atoms with van der Waals surface area (Å²) in [5.74, 6) is 0. The molecule has 1 aromatic carbocycles. The molecule has 2 N–H and O–H groups in total. The van der Waals surface area contributed by atoms with Crippen molar-refractivity contribution in [3.05, 3.63) is 29.3 Å². The van der Waals surface area contributed by atoms with Gasteiger partial charge in [0, 0.05) is 24.8 Å². The molecule has 0 aromatic heterocycles. The molecule has 0 amide bonds. The van der Waals surface area contributed by atoms with E-state index in [1.165, 1.54) is 16.8 Å². The van der Waals surface area contributed by atoms with Gasteiger partial charge in [0.1, 0.15) is 0 Å². The lowest BCUT2D eigenvalue weighted by molar-refractivity contribution is 0.245. The molecule has 0 radical (unpaired) electrons. The molecular weight excluding hydrogens is 232 g/mol. The Balaban J connectivity index is 2.36. The van der Waals surface area contributed by atoms with Crippen molar-refractivity contribution in [1.82, 2.24) is 0 Å². The Labute approximate surface area is 118 Å². The fourth-order valence-corrected chi connectivity index (χ4v) is 3.19. The second kappa shape index (κ2) is 5.54. The van der Waals surface area contributed by atoms with E-state index in [-0.39, 0.29) is 5.41 Å². The normalized spacial score (nSPS) is 22.6. The summed E-state index contributed by atoms with van der Waals surface area (Å²) in [5.41, 5.74) is 10.9. The third kappa shape index (κ3) is 2.79. The van der Waals surface area contributed by atoms with Crippen molar-refractivity contribution in [2.75, 3.05) is 18.0 Å². The average molecular weight is 260 g/mol. The van der Waals surface area contributed by atoms with Gasteiger partial charge in [0.15, 0.2) is 0 Å². The summed E-state index contributed by atoms with van der Waals surface area (Å²) in [5, 5.41) is 0. The van der Waals surface area contributed by atoms with Crippen LogP contribution in [-0.2, 0) is 12.8 Å². The molecule has 1 heterocycles. The van der Waals surface area contributed by atoms with Crippen molar-refractivity contribution in [2.45, 2.75) is 53.0 Å². The zero-order valence-electron chi connectivity index (χ0n) is 12.9. The molecule has 0 aliphatic carbocycles. The lowest BCUT2D eigenvalue weighted by Gasteiger charge is -2.45. The van der Waals surface area contributed by atoms with Crippen LogP contribution >= 0.6 is 0 Å². The predicted molar refractivity (Wildman–Crippen MR) is 83.8 cm³/mol. The number of piperidine rings is 1. The predicted octanol–water partition coefficient (Wildman–Crippen LogP) is 3.38. The molecule has 2 rings (SSSR count). The van der Waals surface area contributed by atoms with Gasteiger partial charge in [-0.15, -0.1) is 0 Å². The standard InChI is InChI=1S/C17H28N2/c1-5-13-8-7-9-14(6-2)16(13)19-11-10-15(18)17(3,4)12-19/h7-9,15H,5-6,10-12,18H2,1-4H3. The second-order valence-corrected chi connectivity index (χ2v) is 6.44. The fraction of sp³-hybridized carbons (Fsp3) is 0.647. The highest BCUT2D eigenvalue weighted by atomic mass is 15.2. The average Bonchev–Trinajstić information content (AvgIpc) is 2.40. The van der Waals surface area contributed by atoms with E-state index in [9.17, 15) is 0 Å². The maximum absolute atomic E-state index is 6.27. The summed E-state index contributed by atoms with van der Waals surface area (Å²) >= 11 is 0. The molecular formula is C17H28N2. The number of nitrogens with zero attached hydrogens (tertiary/aromatic N) is 1. The van der Waals surface area contributed by atoms with Gasteiger partial charge in [0.25, 0.3) is 0 Å². The SMILES string of the molecule is CCc1cccc(CC)c1N1CCC(N)C(C)(C)C1. The number of para-hydroxylation sites is 1. The highest BCUT2D eigenvalue weighted by Gasteiger charge is 2.34. The quantitative estimate of drug-likeness (QED) is 0.903. The van der Waals surface area contributed by atoms with Crippen LogP contribution in [0.4, 0.5) is 5.69 Å². The molecule has 1 aromatic rings. The molecule has 0 saturated carbocycles. The van der Waals surface area contributed by atoms with E-state index < -0.39 is 0 Å². The van der Waals surface area contributed by atoms with E-state index in [4.69, 9.17) is 5.73 Å². The van der Waals surface area contributed by atoms with Crippen LogP contribution in [0, 0.1) is 5.41 Å². The van der Waals surface area contributed by atoms with Crippen molar-refractivity contribution >= 4 is 5.69 Å². The monoisotopic (exact) mass is 260 g/mol. The second-order valence-electron chi connectivity index (χ2n) is 6.44. The van der Waals surface area contributed by atoms with E-state index in [1.54, 1.807) is 0 Å². The van der Waals surface area contributed by atoms with Gasteiger partial charge in [-0.25, -0.2) is 0 Å². The number of anilines is 1. The number of rotatable bonds is 3. The van der Waals surface area contributed by atoms with E-state index in [0.717, 1.165) is 32.4 Å². The first-order valence-electron chi connectivity index (χ1n) is 7.61. The summed E-state index contributed by atoms with van der Waals surface area (Å²) in [6.07, 6.45) is 3.30. The smallest absolute Gasteiger partial charge is 0.0431 e.